The molecule has 22 heavy (non-hydrogen) atoms. The Labute approximate surface area is 132 Å². The molecule has 1 aliphatic rings. The molecule has 0 bridgehead atoms. The van der Waals surface area contributed by atoms with Crippen LogP contribution in [0.5, 0.6) is 0 Å². The van der Waals surface area contributed by atoms with Gasteiger partial charge in [-0.25, -0.2) is 0 Å². The van der Waals surface area contributed by atoms with E-state index in [9.17, 15) is 9.59 Å². The maximum atomic E-state index is 11.9. The van der Waals surface area contributed by atoms with E-state index in [0.29, 0.717) is 5.56 Å². The fraction of sp³-hybridized carbons (Fsp3) is 0.250. The molecule has 2 heterocycles. The minimum absolute atomic E-state index is 0.206. The number of carbonyl (C=O) groups excluding carboxylic acids is 2. The van der Waals surface area contributed by atoms with Gasteiger partial charge in [0.25, 0.3) is 11.8 Å². The van der Waals surface area contributed by atoms with Gasteiger partial charge in [-0.05, 0) is 35.6 Å². The first kappa shape index (κ1) is 14.7. The van der Waals surface area contributed by atoms with Gasteiger partial charge in [0.2, 0.25) is 0 Å². The number of benzene rings is 1. The molecule has 0 atom stereocenters. The summed E-state index contributed by atoms with van der Waals surface area (Å²) in [6, 6.07) is 10.9. The Bertz CT molecular complexity index is 669. The van der Waals surface area contributed by atoms with Crippen LogP contribution in [0.2, 0.25) is 0 Å². The van der Waals surface area contributed by atoms with Crippen LogP contribution >= 0.6 is 11.3 Å². The number of carbonyl (C=O) groups is 2. The monoisotopic (exact) mass is 315 g/mol. The average Bonchev–Trinajstić information content (AvgIpc) is 3.01. The van der Waals surface area contributed by atoms with Crippen molar-refractivity contribution in [3.05, 3.63) is 57.8 Å². The maximum Gasteiger partial charge on any atom is 0.269 e. The molecule has 0 fully saturated rings. The van der Waals surface area contributed by atoms with Crippen LogP contribution < -0.4 is 10.9 Å². The predicted molar refractivity (Wildman–Crippen MR) is 85.4 cm³/mol. The largest absolute Gasteiger partial charge is 0.290 e. The lowest BCUT2D eigenvalue weighted by molar-refractivity contribution is -0.123. The molecule has 0 unspecified atom stereocenters. The van der Waals surface area contributed by atoms with E-state index in [2.05, 4.69) is 27.2 Å². The van der Waals surface area contributed by atoms with Crippen LogP contribution in [0.15, 0.2) is 41.8 Å². The summed E-state index contributed by atoms with van der Waals surface area (Å²) < 4.78 is 0. The van der Waals surface area contributed by atoms with E-state index in [1.165, 1.54) is 10.4 Å². The van der Waals surface area contributed by atoms with Crippen molar-refractivity contribution in [2.45, 2.75) is 13.0 Å². The van der Waals surface area contributed by atoms with Crippen molar-refractivity contribution in [3.8, 4) is 0 Å². The number of nitrogens with zero attached hydrogens (tertiary/aromatic N) is 1. The van der Waals surface area contributed by atoms with Gasteiger partial charge in [-0.1, -0.05) is 18.2 Å². The zero-order chi connectivity index (χ0) is 15.4. The summed E-state index contributed by atoms with van der Waals surface area (Å²) in [7, 11) is 0. The quantitative estimate of drug-likeness (QED) is 0.845. The third-order valence-electron chi connectivity index (χ3n) is 3.61. The normalized spacial score (nSPS) is 14.2. The Balaban J connectivity index is 1.46. The number of fused-ring (bicyclic) bond motifs is 1. The number of amides is 2. The molecule has 0 saturated heterocycles. The summed E-state index contributed by atoms with van der Waals surface area (Å²) in [4.78, 5) is 27.3. The smallest absolute Gasteiger partial charge is 0.269 e. The lowest BCUT2D eigenvalue weighted by Gasteiger charge is -2.26. The van der Waals surface area contributed by atoms with Crippen LogP contribution in [0, 0.1) is 0 Å². The van der Waals surface area contributed by atoms with Crippen molar-refractivity contribution in [2.75, 3.05) is 13.1 Å². The molecule has 5 nitrogen and oxygen atoms in total. The Morgan fingerprint density at radius 3 is 2.77 bits per heavy atom. The highest BCUT2D eigenvalue weighted by Gasteiger charge is 2.19. The van der Waals surface area contributed by atoms with Crippen molar-refractivity contribution < 1.29 is 9.59 Å². The molecule has 2 N–H and O–H groups in total. The van der Waals surface area contributed by atoms with E-state index in [1.807, 2.05) is 6.07 Å². The summed E-state index contributed by atoms with van der Waals surface area (Å²) in [5.74, 6) is -0.518. The molecule has 6 heteroatoms. The van der Waals surface area contributed by atoms with Gasteiger partial charge in [0.05, 0.1) is 6.54 Å². The number of rotatable bonds is 3. The van der Waals surface area contributed by atoms with Crippen LogP contribution in [0.1, 0.15) is 20.8 Å². The van der Waals surface area contributed by atoms with E-state index in [1.54, 1.807) is 35.6 Å². The number of hydrogen-bond acceptors (Lipinski definition) is 4. The van der Waals surface area contributed by atoms with Crippen LogP contribution in [0.25, 0.3) is 0 Å². The van der Waals surface area contributed by atoms with Crippen molar-refractivity contribution in [1.29, 1.82) is 0 Å². The highest BCUT2D eigenvalue weighted by Crippen LogP contribution is 2.23. The van der Waals surface area contributed by atoms with Gasteiger partial charge in [-0.3, -0.25) is 25.3 Å². The van der Waals surface area contributed by atoms with E-state index >= 15 is 0 Å². The first-order valence-corrected chi connectivity index (χ1v) is 8.02. The Morgan fingerprint density at radius 1 is 1.14 bits per heavy atom. The van der Waals surface area contributed by atoms with Crippen molar-refractivity contribution >= 4 is 23.2 Å². The minimum atomic E-state index is -0.312. The zero-order valence-corrected chi connectivity index (χ0v) is 12.9. The summed E-state index contributed by atoms with van der Waals surface area (Å²) >= 11 is 1.77. The summed E-state index contributed by atoms with van der Waals surface area (Å²) in [6.07, 6.45) is 0.983. The molecule has 114 valence electrons. The third kappa shape index (κ3) is 3.52. The van der Waals surface area contributed by atoms with Gasteiger partial charge in [-0.2, -0.15) is 0 Å². The molecule has 2 amide bonds. The predicted octanol–water partition coefficient (Wildman–Crippen LogP) is 1.57. The van der Waals surface area contributed by atoms with Gasteiger partial charge < -0.3 is 0 Å². The van der Waals surface area contributed by atoms with Gasteiger partial charge in [0, 0.05) is 23.5 Å². The average molecular weight is 315 g/mol. The summed E-state index contributed by atoms with van der Waals surface area (Å²) in [5.41, 5.74) is 6.73. The Morgan fingerprint density at radius 2 is 1.95 bits per heavy atom. The number of hydrogen-bond donors (Lipinski definition) is 2. The Kier molecular flexibility index (Phi) is 4.50. The fourth-order valence-corrected chi connectivity index (χ4v) is 3.36. The molecule has 2 aromatic rings. The zero-order valence-electron chi connectivity index (χ0n) is 12.0. The second kappa shape index (κ2) is 6.72. The molecule has 0 spiro atoms. The fourth-order valence-electron chi connectivity index (χ4n) is 2.47. The van der Waals surface area contributed by atoms with Gasteiger partial charge in [-0.15, -0.1) is 11.3 Å². The van der Waals surface area contributed by atoms with Gasteiger partial charge in [0.15, 0.2) is 0 Å². The highest BCUT2D eigenvalue weighted by atomic mass is 32.1. The summed E-state index contributed by atoms with van der Waals surface area (Å²) in [6.45, 7) is 1.94. The first-order chi connectivity index (χ1) is 10.7. The molecule has 0 aliphatic carbocycles. The standard InChI is InChI=1S/C16H17N3O2S/c20-15(17-18-16(21)12-4-2-1-3-5-12)11-19-8-6-14-13(10-19)7-9-22-14/h1-5,7,9H,6,8,10-11H2,(H,17,20)(H,18,21). The van der Waals surface area contributed by atoms with E-state index in [-0.39, 0.29) is 18.4 Å². The lowest BCUT2D eigenvalue weighted by Crippen LogP contribution is -2.47. The van der Waals surface area contributed by atoms with Crippen molar-refractivity contribution in [1.82, 2.24) is 15.8 Å². The van der Waals surface area contributed by atoms with Gasteiger partial charge >= 0.3 is 0 Å². The lowest BCUT2D eigenvalue weighted by atomic mass is 10.1. The summed E-state index contributed by atoms with van der Waals surface area (Å²) in [5, 5.41) is 2.09. The number of nitrogens with one attached hydrogen (secondary N) is 2. The molecule has 3 rings (SSSR count). The van der Waals surface area contributed by atoms with Crippen LogP contribution in [0.3, 0.4) is 0 Å². The molecule has 1 aliphatic heterocycles. The van der Waals surface area contributed by atoms with E-state index in [0.717, 1.165) is 19.5 Å². The number of hydrazine groups is 1. The van der Waals surface area contributed by atoms with E-state index < -0.39 is 0 Å². The van der Waals surface area contributed by atoms with Crippen LogP contribution in [-0.2, 0) is 17.8 Å². The molecular formula is C16H17N3O2S. The molecule has 0 radical (unpaired) electrons. The topological polar surface area (TPSA) is 61.4 Å². The SMILES string of the molecule is O=C(CN1CCc2sccc2C1)NNC(=O)c1ccccc1. The molecular weight excluding hydrogens is 298 g/mol. The van der Waals surface area contributed by atoms with Crippen molar-refractivity contribution in [3.63, 3.8) is 0 Å². The third-order valence-corrected chi connectivity index (χ3v) is 4.63. The molecule has 0 saturated carbocycles. The molecule has 1 aromatic carbocycles. The van der Waals surface area contributed by atoms with Crippen molar-refractivity contribution in [2.24, 2.45) is 0 Å². The first-order valence-electron chi connectivity index (χ1n) is 7.14. The second-order valence-corrected chi connectivity index (χ2v) is 6.20. The van der Waals surface area contributed by atoms with Gasteiger partial charge in [0.1, 0.15) is 0 Å². The molecule has 1 aromatic heterocycles. The Hall–Kier alpha value is -2.18. The van der Waals surface area contributed by atoms with E-state index in [4.69, 9.17) is 0 Å². The highest BCUT2D eigenvalue weighted by molar-refractivity contribution is 7.10. The maximum absolute atomic E-state index is 11.9. The number of thiophene rings is 1. The van der Waals surface area contributed by atoms with Crippen LogP contribution in [0.4, 0.5) is 0 Å². The van der Waals surface area contributed by atoms with Crippen LogP contribution in [-0.4, -0.2) is 29.8 Å². The second-order valence-electron chi connectivity index (χ2n) is 5.20. The minimum Gasteiger partial charge on any atom is -0.290 e.